The third-order valence-electron chi connectivity index (χ3n) is 10.0. The Morgan fingerprint density at radius 2 is 1.42 bits per heavy atom. The summed E-state index contributed by atoms with van der Waals surface area (Å²) in [5.41, 5.74) is 3.97. The average molecular weight is 688 g/mol. The van der Waals surface area contributed by atoms with Gasteiger partial charge in [0, 0.05) is 18.8 Å². The smallest absolute Gasteiger partial charge is 0.332 e. The van der Waals surface area contributed by atoms with Crippen LogP contribution >= 0.6 is 0 Å². The number of hydrogen-bond donors (Lipinski definition) is 1. The summed E-state index contributed by atoms with van der Waals surface area (Å²) in [6, 6.07) is 0. The molecule has 1 aromatic heterocycles. The molecule has 2 aliphatic rings. The van der Waals surface area contributed by atoms with Crippen LogP contribution in [-0.4, -0.2) is 58.6 Å². The van der Waals surface area contributed by atoms with Crippen molar-refractivity contribution in [1.29, 1.82) is 0 Å². The maximum atomic E-state index is 13.6. The second kappa shape index (κ2) is 11.3. The molecule has 1 aromatic rings. The van der Waals surface area contributed by atoms with Gasteiger partial charge in [0.2, 0.25) is 8.32 Å². The summed E-state index contributed by atoms with van der Waals surface area (Å²) >= 11 is 0. The largest absolute Gasteiger partial charge is 0.412 e. The fourth-order valence-electron chi connectivity index (χ4n) is 7.96. The molecule has 45 heavy (non-hydrogen) atoms. The lowest BCUT2D eigenvalue weighted by Crippen LogP contribution is -2.63. The average Bonchev–Trinajstić information content (AvgIpc) is 3.23. The number of aromatic nitrogens is 2. The minimum absolute atomic E-state index is 0.0601. The van der Waals surface area contributed by atoms with Gasteiger partial charge in [-0.05, 0) is 40.2 Å². The highest BCUT2D eigenvalue weighted by molar-refractivity contribution is 7.90. The Kier molecular flexibility index (Phi) is 9.49. The number of aryl methyl sites for hydroxylation is 1. The Labute approximate surface area is 271 Å². The van der Waals surface area contributed by atoms with Gasteiger partial charge < -0.3 is 19.3 Å². The van der Waals surface area contributed by atoms with Crippen LogP contribution in [0.2, 0.25) is 33.2 Å². The lowest BCUT2D eigenvalue weighted by molar-refractivity contribution is -0.0587. The zero-order valence-corrected chi connectivity index (χ0v) is 33.1. The molecule has 0 radical (unpaired) electrons. The molecule has 3 heterocycles. The first-order chi connectivity index (χ1) is 19.9. The molecule has 1 spiro atoms. The molecule has 14 heteroatoms. The van der Waals surface area contributed by atoms with Gasteiger partial charge >= 0.3 is 5.69 Å². The number of ether oxygens (including phenoxy) is 1. The number of hydrogen-bond acceptors (Lipinski definition) is 9. The van der Waals surface area contributed by atoms with E-state index in [1.807, 2.05) is 13.1 Å². The van der Waals surface area contributed by atoms with Gasteiger partial charge in [0.05, 0.1) is 17.7 Å². The van der Waals surface area contributed by atoms with E-state index in [9.17, 15) is 18.0 Å². The molecule has 2 N–H and O–H groups in total. The van der Waals surface area contributed by atoms with E-state index in [1.54, 1.807) is 6.92 Å². The minimum Gasteiger partial charge on any atom is -0.412 e. The summed E-state index contributed by atoms with van der Waals surface area (Å²) in [5.74, 6) is 0. The predicted molar refractivity (Wildman–Crippen MR) is 183 cm³/mol. The van der Waals surface area contributed by atoms with Crippen molar-refractivity contribution in [3.63, 3.8) is 0 Å². The molecular formula is C31H57N3O8SSi2. The van der Waals surface area contributed by atoms with Crippen LogP contribution in [0, 0.1) is 6.92 Å². The Morgan fingerprint density at radius 1 is 0.933 bits per heavy atom. The van der Waals surface area contributed by atoms with Crippen LogP contribution in [-0.2, 0) is 34.9 Å². The third kappa shape index (κ3) is 6.13. The van der Waals surface area contributed by atoms with Crippen LogP contribution in [0.3, 0.4) is 0 Å². The molecule has 0 amide bonds. The van der Waals surface area contributed by atoms with E-state index in [0.717, 1.165) is 9.98 Å². The zero-order valence-electron chi connectivity index (χ0n) is 30.2. The highest BCUT2D eigenvalue weighted by Gasteiger charge is 2.69. The third-order valence-corrected chi connectivity index (χ3v) is 22.5. The molecular weight excluding hydrogens is 631 g/mol. The lowest BCUT2D eigenvalue weighted by atomic mass is 9.89. The van der Waals surface area contributed by atoms with Gasteiger partial charge in [-0.25, -0.2) is 8.98 Å². The Balaban J connectivity index is 2.36. The van der Waals surface area contributed by atoms with Crippen molar-refractivity contribution in [3.8, 4) is 0 Å². The summed E-state index contributed by atoms with van der Waals surface area (Å²) < 4.78 is 55.5. The highest BCUT2D eigenvalue weighted by Crippen LogP contribution is 2.63. The van der Waals surface area contributed by atoms with Crippen molar-refractivity contribution in [2.24, 2.45) is 12.8 Å². The molecule has 4 atom stereocenters. The second-order valence-corrected chi connectivity index (χ2v) is 29.7. The van der Waals surface area contributed by atoms with Gasteiger partial charge in [0.15, 0.2) is 20.1 Å². The van der Waals surface area contributed by atoms with Gasteiger partial charge in [-0.1, -0.05) is 83.1 Å². The van der Waals surface area contributed by atoms with Gasteiger partial charge in [0.25, 0.3) is 15.7 Å². The van der Waals surface area contributed by atoms with Crippen molar-refractivity contribution >= 4 is 26.8 Å². The molecule has 2 aliphatic heterocycles. The first-order valence-corrected chi connectivity index (χ1v) is 21.9. The molecule has 11 nitrogen and oxygen atoms in total. The van der Waals surface area contributed by atoms with Crippen molar-refractivity contribution in [2.75, 3.05) is 6.61 Å². The van der Waals surface area contributed by atoms with Crippen LogP contribution in [0.4, 0.5) is 0 Å². The van der Waals surface area contributed by atoms with Crippen molar-refractivity contribution in [3.05, 3.63) is 43.7 Å². The predicted octanol–water partition coefficient (Wildman–Crippen LogP) is 5.40. The van der Waals surface area contributed by atoms with Crippen LogP contribution in [0.25, 0.3) is 0 Å². The molecule has 1 fully saturated rings. The van der Waals surface area contributed by atoms with Crippen LogP contribution in [0.1, 0.15) is 94.9 Å². The normalized spacial score (nSPS) is 26.5. The van der Waals surface area contributed by atoms with E-state index in [-0.39, 0.29) is 32.5 Å². The molecule has 0 aliphatic carbocycles. The molecule has 258 valence electrons. The lowest BCUT2D eigenvalue weighted by Gasteiger charge is -2.58. The van der Waals surface area contributed by atoms with Crippen LogP contribution in [0.15, 0.2) is 26.9 Å². The van der Waals surface area contributed by atoms with Crippen LogP contribution in [0.5, 0.6) is 0 Å². The Hall–Kier alpha value is -1.56. The molecule has 1 unspecified atom stereocenters. The molecule has 0 saturated carbocycles. The van der Waals surface area contributed by atoms with Gasteiger partial charge in [0.1, 0.15) is 12.2 Å². The maximum Gasteiger partial charge on any atom is 0.332 e. The summed E-state index contributed by atoms with van der Waals surface area (Å²) in [6.45, 7) is 31.4. The monoisotopic (exact) mass is 687 g/mol. The molecule has 0 bridgehead atoms. The summed E-state index contributed by atoms with van der Waals surface area (Å²) in [4.78, 5) is 26.3. The SMILES string of the molecule is Cc1cn([C@@H]2O[C@H](CO[Si](C(C)(C)C)(C(C)(C)C)C(C)(C)C)C3(OS(=O)(=O)C=C3N)[C@H]2O[Si](C)(C)C(C)(C)C)c(=O)n(C)c1=O. The molecule has 0 aromatic carbocycles. The first kappa shape index (κ1) is 37.9. The summed E-state index contributed by atoms with van der Waals surface area (Å²) in [5, 5.41) is -0.144. The number of nitrogens with two attached hydrogens (primary N) is 1. The van der Waals surface area contributed by atoms with Crippen molar-refractivity contribution in [2.45, 2.75) is 147 Å². The minimum atomic E-state index is -4.24. The van der Waals surface area contributed by atoms with E-state index in [4.69, 9.17) is 23.5 Å². The maximum absolute atomic E-state index is 13.6. The standard InChI is InChI=1S/C31H57N3O8SSi2/c1-20-17-34(26(36)33(14)24(20)35)25-23(41-44(15,16)27(2,3)4)31(21(32)19-43(37,38)42-31)22(40-25)18-39-45(28(5,6)7,29(8,9)10)30(11,12)13/h17,19,22-23,25H,18,32H2,1-16H3/t22-,23+,25-,31?/m1/s1. The van der Waals surface area contributed by atoms with E-state index < -0.39 is 62.0 Å². The van der Waals surface area contributed by atoms with Crippen molar-refractivity contribution < 1.29 is 26.2 Å². The molecule has 3 rings (SSSR count). The van der Waals surface area contributed by atoms with Crippen LogP contribution < -0.4 is 17.0 Å². The molecule has 1 saturated heterocycles. The summed E-state index contributed by atoms with van der Waals surface area (Å²) in [6.07, 6.45) is -1.99. The fourth-order valence-corrected chi connectivity index (χ4v) is 18.9. The van der Waals surface area contributed by atoms with E-state index in [2.05, 4.69) is 83.1 Å². The fraction of sp³-hybridized carbons (Fsp3) is 0.806. The first-order valence-electron chi connectivity index (χ1n) is 15.6. The number of nitrogens with zero attached hydrogens (tertiary/aromatic N) is 2. The highest BCUT2D eigenvalue weighted by atomic mass is 32.2. The van der Waals surface area contributed by atoms with Gasteiger partial charge in [-0.15, -0.1) is 0 Å². The van der Waals surface area contributed by atoms with E-state index >= 15 is 0 Å². The van der Waals surface area contributed by atoms with Crippen molar-refractivity contribution in [1.82, 2.24) is 9.13 Å². The zero-order chi connectivity index (χ0) is 35.1. The second-order valence-electron chi connectivity index (χ2n) is 17.4. The van der Waals surface area contributed by atoms with E-state index in [1.165, 1.54) is 17.8 Å². The summed E-state index contributed by atoms with van der Waals surface area (Å²) in [7, 11) is -8.37. The number of rotatable bonds is 6. The van der Waals surface area contributed by atoms with E-state index in [0.29, 0.717) is 5.56 Å². The Bertz CT molecular complexity index is 1530. The topological polar surface area (TPSA) is 141 Å². The quantitative estimate of drug-likeness (QED) is 0.307. The van der Waals surface area contributed by atoms with Gasteiger partial charge in [-0.3, -0.25) is 13.9 Å². The Morgan fingerprint density at radius 3 is 1.82 bits per heavy atom. The van der Waals surface area contributed by atoms with Gasteiger partial charge in [-0.2, -0.15) is 8.42 Å².